The fourth-order valence-corrected chi connectivity index (χ4v) is 2.40. The van der Waals surface area contributed by atoms with Crippen LogP contribution >= 0.6 is 0 Å². The molecule has 16 heavy (non-hydrogen) atoms. The minimum absolute atomic E-state index is 0.375. The summed E-state index contributed by atoms with van der Waals surface area (Å²) in [4.78, 5) is 2.58. The zero-order valence-electron chi connectivity index (χ0n) is 11.5. The highest BCUT2D eigenvalue weighted by molar-refractivity contribution is 4.84. The molecule has 3 nitrogen and oxygen atoms in total. The predicted molar refractivity (Wildman–Crippen MR) is 68.8 cm³/mol. The molecule has 0 saturated carbocycles. The van der Waals surface area contributed by atoms with Crippen molar-refractivity contribution in [1.82, 2.24) is 10.2 Å². The monoisotopic (exact) mass is 228 g/mol. The third-order valence-electron chi connectivity index (χ3n) is 3.78. The smallest absolute Gasteiger partial charge is 0.0674 e. The van der Waals surface area contributed by atoms with E-state index in [2.05, 4.69) is 37.9 Å². The molecule has 1 aliphatic heterocycles. The molecule has 0 aromatic carbocycles. The second-order valence-electron chi connectivity index (χ2n) is 5.62. The van der Waals surface area contributed by atoms with Gasteiger partial charge in [0.25, 0.3) is 0 Å². The molecule has 3 unspecified atom stereocenters. The number of hydrogen-bond donors (Lipinski definition) is 1. The standard InChI is InChI=1S/C13H28N2O/c1-6-13(4,9-14-5)10-15-7-12(3)16-8-11(15)2/h11-12,14H,6-10H2,1-5H3. The highest BCUT2D eigenvalue weighted by Gasteiger charge is 2.30. The van der Waals surface area contributed by atoms with Crippen molar-refractivity contribution in [2.24, 2.45) is 5.41 Å². The first kappa shape index (κ1) is 13.9. The van der Waals surface area contributed by atoms with Gasteiger partial charge in [0.05, 0.1) is 12.7 Å². The predicted octanol–water partition coefficient (Wildman–Crippen LogP) is 1.73. The van der Waals surface area contributed by atoms with Crippen LogP contribution in [0.1, 0.15) is 34.1 Å². The Bertz CT molecular complexity index is 210. The van der Waals surface area contributed by atoms with Gasteiger partial charge in [-0.05, 0) is 32.7 Å². The lowest BCUT2D eigenvalue weighted by atomic mass is 9.86. The Morgan fingerprint density at radius 2 is 2.12 bits per heavy atom. The van der Waals surface area contributed by atoms with Crippen molar-refractivity contribution in [3.63, 3.8) is 0 Å². The van der Waals surface area contributed by atoms with E-state index in [-0.39, 0.29) is 0 Å². The highest BCUT2D eigenvalue weighted by atomic mass is 16.5. The van der Waals surface area contributed by atoms with Crippen LogP contribution in [0.4, 0.5) is 0 Å². The van der Waals surface area contributed by atoms with Gasteiger partial charge in [-0.1, -0.05) is 13.8 Å². The first-order chi connectivity index (χ1) is 7.50. The van der Waals surface area contributed by atoms with E-state index in [1.54, 1.807) is 0 Å². The van der Waals surface area contributed by atoms with Crippen molar-refractivity contribution in [3.05, 3.63) is 0 Å². The second-order valence-corrected chi connectivity index (χ2v) is 5.62. The molecule has 3 heteroatoms. The van der Waals surface area contributed by atoms with Gasteiger partial charge < -0.3 is 10.1 Å². The first-order valence-corrected chi connectivity index (χ1v) is 6.51. The molecule has 1 heterocycles. The minimum atomic E-state index is 0.375. The van der Waals surface area contributed by atoms with Crippen LogP contribution < -0.4 is 5.32 Å². The van der Waals surface area contributed by atoms with E-state index in [0.29, 0.717) is 17.6 Å². The van der Waals surface area contributed by atoms with Gasteiger partial charge in [-0.2, -0.15) is 0 Å². The largest absolute Gasteiger partial charge is 0.376 e. The van der Waals surface area contributed by atoms with Gasteiger partial charge in [-0.25, -0.2) is 0 Å². The van der Waals surface area contributed by atoms with Crippen molar-refractivity contribution in [1.29, 1.82) is 0 Å². The van der Waals surface area contributed by atoms with Crippen molar-refractivity contribution >= 4 is 0 Å². The lowest BCUT2D eigenvalue weighted by Crippen LogP contribution is -2.52. The molecule has 0 aromatic heterocycles. The molecule has 1 rings (SSSR count). The van der Waals surface area contributed by atoms with Crippen LogP contribution in [0.3, 0.4) is 0 Å². The van der Waals surface area contributed by atoms with Gasteiger partial charge in [-0.3, -0.25) is 4.90 Å². The number of hydrogen-bond acceptors (Lipinski definition) is 3. The van der Waals surface area contributed by atoms with Crippen LogP contribution in [0.15, 0.2) is 0 Å². The van der Waals surface area contributed by atoms with Crippen molar-refractivity contribution in [2.45, 2.75) is 46.3 Å². The molecule has 0 amide bonds. The summed E-state index contributed by atoms with van der Waals surface area (Å²) in [5, 5.41) is 3.32. The molecule has 1 fully saturated rings. The maximum absolute atomic E-state index is 5.67. The van der Waals surface area contributed by atoms with Crippen LogP contribution in [0.2, 0.25) is 0 Å². The fourth-order valence-electron chi connectivity index (χ4n) is 2.40. The van der Waals surface area contributed by atoms with Crippen LogP contribution in [0.5, 0.6) is 0 Å². The quantitative estimate of drug-likeness (QED) is 0.775. The molecule has 0 spiro atoms. The molecule has 1 N–H and O–H groups in total. The Morgan fingerprint density at radius 1 is 1.44 bits per heavy atom. The number of morpholine rings is 1. The third kappa shape index (κ3) is 3.72. The van der Waals surface area contributed by atoms with E-state index in [1.165, 1.54) is 13.0 Å². The SMILES string of the molecule is CCC(C)(CNC)CN1CC(C)OCC1C. The van der Waals surface area contributed by atoms with Crippen LogP contribution in [0.25, 0.3) is 0 Å². The van der Waals surface area contributed by atoms with Crippen LogP contribution in [-0.4, -0.2) is 50.3 Å². The second kappa shape index (κ2) is 5.99. The van der Waals surface area contributed by atoms with Crippen LogP contribution in [0, 0.1) is 5.41 Å². The molecule has 1 saturated heterocycles. The average Bonchev–Trinajstić information content (AvgIpc) is 2.24. The van der Waals surface area contributed by atoms with Gasteiger partial charge in [0, 0.05) is 25.7 Å². The Kier molecular flexibility index (Phi) is 5.22. The fraction of sp³-hybridized carbons (Fsp3) is 1.00. The molecule has 96 valence electrons. The van der Waals surface area contributed by atoms with Crippen molar-refractivity contribution in [2.75, 3.05) is 33.3 Å². The molecule has 0 aliphatic carbocycles. The van der Waals surface area contributed by atoms with Gasteiger partial charge >= 0.3 is 0 Å². The Hall–Kier alpha value is -0.120. The summed E-state index contributed by atoms with van der Waals surface area (Å²) in [5.41, 5.74) is 0.375. The first-order valence-electron chi connectivity index (χ1n) is 6.51. The summed E-state index contributed by atoms with van der Waals surface area (Å²) in [6, 6.07) is 0.555. The number of ether oxygens (including phenoxy) is 1. The molecule has 1 aliphatic rings. The van der Waals surface area contributed by atoms with E-state index in [1.807, 2.05) is 7.05 Å². The Balaban J connectivity index is 2.55. The maximum Gasteiger partial charge on any atom is 0.0674 e. The molecule has 0 bridgehead atoms. The lowest BCUT2D eigenvalue weighted by molar-refractivity contribution is -0.0617. The molecule has 0 radical (unpaired) electrons. The van der Waals surface area contributed by atoms with E-state index in [4.69, 9.17) is 4.74 Å². The molecule has 0 aromatic rings. The van der Waals surface area contributed by atoms with E-state index >= 15 is 0 Å². The molecular weight excluding hydrogens is 200 g/mol. The maximum atomic E-state index is 5.67. The summed E-state index contributed by atoms with van der Waals surface area (Å²) in [5.74, 6) is 0. The summed E-state index contributed by atoms with van der Waals surface area (Å²) in [7, 11) is 2.04. The van der Waals surface area contributed by atoms with Gasteiger partial charge in [0.1, 0.15) is 0 Å². The zero-order chi connectivity index (χ0) is 12.2. The van der Waals surface area contributed by atoms with Crippen molar-refractivity contribution in [3.8, 4) is 0 Å². The van der Waals surface area contributed by atoms with E-state index < -0.39 is 0 Å². The average molecular weight is 228 g/mol. The zero-order valence-corrected chi connectivity index (χ0v) is 11.5. The number of rotatable bonds is 5. The third-order valence-corrected chi connectivity index (χ3v) is 3.78. The van der Waals surface area contributed by atoms with Gasteiger partial charge in [0.15, 0.2) is 0 Å². The number of nitrogens with zero attached hydrogens (tertiary/aromatic N) is 1. The Labute approximate surface area is 101 Å². The minimum Gasteiger partial charge on any atom is -0.376 e. The van der Waals surface area contributed by atoms with E-state index in [9.17, 15) is 0 Å². The van der Waals surface area contributed by atoms with E-state index in [0.717, 1.165) is 19.7 Å². The Morgan fingerprint density at radius 3 is 2.69 bits per heavy atom. The lowest BCUT2D eigenvalue weighted by Gasteiger charge is -2.42. The summed E-state index contributed by atoms with van der Waals surface area (Å²) in [6.07, 6.45) is 1.60. The van der Waals surface area contributed by atoms with Crippen molar-refractivity contribution < 1.29 is 4.74 Å². The molecular formula is C13H28N2O. The number of nitrogens with one attached hydrogen (secondary N) is 1. The summed E-state index contributed by atoms with van der Waals surface area (Å²) < 4.78 is 5.67. The van der Waals surface area contributed by atoms with Gasteiger partial charge in [-0.15, -0.1) is 0 Å². The highest BCUT2D eigenvalue weighted by Crippen LogP contribution is 2.24. The normalized spacial score (nSPS) is 31.3. The van der Waals surface area contributed by atoms with Gasteiger partial charge in [0.2, 0.25) is 0 Å². The molecule has 3 atom stereocenters. The summed E-state index contributed by atoms with van der Waals surface area (Å²) in [6.45, 7) is 13.3. The van der Waals surface area contributed by atoms with Crippen LogP contribution in [-0.2, 0) is 4.74 Å². The summed E-state index contributed by atoms with van der Waals surface area (Å²) >= 11 is 0. The topological polar surface area (TPSA) is 24.5 Å².